The Hall–Kier alpha value is -2.08. The van der Waals surface area contributed by atoms with Crippen LogP contribution in [-0.4, -0.2) is 28.2 Å². The van der Waals surface area contributed by atoms with Crippen molar-refractivity contribution in [3.63, 3.8) is 0 Å². The molecule has 2 aliphatic rings. The van der Waals surface area contributed by atoms with Crippen LogP contribution in [0.1, 0.15) is 25.3 Å². The van der Waals surface area contributed by atoms with E-state index in [0.717, 1.165) is 6.07 Å². The first-order chi connectivity index (χ1) is 10.3. The topological polar surface area (TPSA) is 66.8 Å². The van der Waals surface area contributed by atoms with Gasteiger partial charge in [-0.25, -0.2) is 4.39 Å². The number of Topliss-reactive ketones (excluding diaryl/α,β-unsaturated/α-hetero) is 1. The molecule has 1 atom stereocenters. The monoisotopic (exact) mass is 325 g/mol. The minimum absolute atomic E-state index is 0.143. The average Bonchev–Trinajstić information content (AvgIpc) is 3.00. The third-order valence-electron chi connectivity index (χ3n) is 3.94. The molecule has 2 aliphatic heterocycles. The van der Waals surface area contributed by atoms with E-state index in [1.54, 1.807) is 0 Å². The number of rotatable bonds is 2. The Kier molecular flexibility index (Phi) is 3.36. The molecule has 0 saturated carbocycles. The van der Waals surface area contributed by atoms with E-state index >= 15 is 0 Å². The van der Waals surface area contributed by atoms with Gasteiger partial charge in [0.1, 0.15) is 5.82 Å². The fraction of sp³-hybridized carbons (Fsp3) is 0.333. The van der Waals surface area contributed by atoms with Crippen LogP contribution in [0.3, 0.4) is 0 Å². The molecular weight excluding hydrogens is 313 g/mol. The van der Waals surface area contributed by atoms with Gasteiger partial charge in [-0.2, -0.15) is 0 Å². The molecule has 1 amide bonds. The molecule has 3 rings (SSSR count). The third kappa shape index (κ3) is 2.06. The Morgan fingerprint density at radius 1 is 1.41 bits per heavy atom. The number of benzene rings is 1. The molecule has 1 aromatic carbocycles. The number of aliphatic hydroxyl groups excluding tert-OH is 1. The molecule has 2 heterocycles. The van der Waals surface area contributed by atoms with E-state index in [-0.39, 0.29) is 16.8 Å². The van der Waals surface area contributed by atoms with E-state index in [2.05, 4.69) is 0 Å². The van der Waals surface area contributed by atoms with Gasteiger partial charge in [0.15, 0.2) is 5.60 Å². The fourth-order valence-electron chi connectivity index (χ4n) is 2.64. The van der Waals surface area contributed by atoms with Gasteiger partial charge < -0.3 is 9.84 Å². The van der Waals surface area contributed by atoms with Crippen LogP contribution in [0.15, 0.2) is 29.8 Å². The number of nitrogens with zero attached hydrogens (tertiary/aromatic N) is 1. The van der Waals surface area contributed by atoms with Gasteiger partial charge in [0.05, 0.1) is 5.02 Å². The van der Waals surface area contributed by atoms with Gasteiger partial charge in [-0.05, 0) is 25.5 Å². The van der Waals surface area contributed by atoms with Crippen LogP contribution in [0.4, 0.5) is 4.39 Å². The van der Waals surface area contributed by atoms with E-state index < -0.39 is 23.0 Å². The summed E-state index contributed by atoms with van der Waals surface area (Å²) in [6, 6.07) is 3.76. The zero-order valence-corrected chi connectivity index (χ0v) is 12.5. The molecule has 1 unspecified atom stereocenters. The van der Waals surface area contributed by atoms with Crippen molar-refractivity contribution >= 4 is 23.3 Å². The average molecular weight is 326 g/mol. The highest BCUT2D eigenvalue weighted by Crippen LogP contribution is 2.40. The molecule has 0 bridgehead atoms. The van der Waals surface area contributed by atoms with Crippen LogP contribution in [0, 0.1) is 5.82 Å². The summed E-state index contributed by atoms with van der Waals surface area (Å²) in [6.07, 6.45) is 0.972. The number of likely N-dealkylation sites (tertiary alicyclic amines) is 1. The maximum absolute atomic E-state index is 13.3. The molecule has 1 saturated heterocycles. The smallest absolute Gasteiger partial charge is 0.250 e. The number of ketones is 1. The van der Waals surface area contributed by atoms with E-state index in [4.69, 9.17) is 16.3 Å². The lowest BCUT2D eigenvalue weighted by Crippen LogP contribution is -2.32. The third-order valence-corrected chi connectivity index (χ3v) is 4.23. The summed E-state index contributed by atoms with van der Waals surface area (Å²) in [5.74, 6) is -2.26. The number of carbonyl (C=O) groups excluding carboxylic acids is 2. The van der Waals surface area contributed by atoms with E-state index in [1.807, 2.05) is 0 Å². The molecule has 5 nitrogen and oxygen atoms in total. The Balaban J connectivity index is 1.99. The van der Waals surface area contributed by atoms with Crippen molar-refractivity contribution in [1.82, 2.24) is 4.90 Å². The summed E-state index contributed by atoms with van der Waals surface area (Å²) in [4.78, 5) is 25.4. The second-order valence-electron chi connectivity index (χ2n) is 5.40. The fourth-order valence-corrected chi connectivity index (χ4v) is 2.82. The number of amides is 1. The van der Waals surface area contributed by atoms with Crippen molar-refractivity contribution in [3.8, 4) is 0 Å². The summed E-state index contributed by atoms with van der Waals surface area (Å²) >= 11 is 5.74. The standard InChI is InChI=1S/C15H13ClFNO4/c1-15(8-4-5-10(17)9(16)7-8)13(21)12(20)14(22-15)18-6-2-3-11(18)19/h4-5,7,20H,2-3,6H2,1H3. The van der Waals surface area contributed by atoms with Crippen LogP contribution < -0.4 is 0 Å². The van der Waals surface area contributed by atoms with Gasteiger partial charge in [-0.15, -0.1) is 0 Å². The number of ether oxygens (including phenoxy) is 1. The van der Waals surface area contributed by atoms with Crippen molar-refractivity contribution < 1.29 is 23.8 Å². The Morgan fingerprint density at radius 2 is 2.14 bits per heavy atom. The van der Waals surface area contributed by atoms with Crippen LogP contribution in [0.5, 0.6) is 0 Å². The second-order valence-corrected chi connectivity index (χ2v) is 5.80. The Bertz CT molecular complexity index is 717. The second kappa shape index (κ2) is 4.98. The molecule has 1 fully saturated rings. The van der Waals surface area contributed by atoms with Crippen LogP contribution in [0.25, 0.3) is 0 Å². The maximum Gasteiger partial charge on any atom is 0.250 e. The minimum Gasteiger partial charge on any atom is -0.501 e. The summed E-state index contributed by atoms with van der Waals surface area (Å²) < 4.78 is 18.9. The number of hydrogen-bond donors (Lipinski definition) is 1. The van der Waals surface area contributed by atoms with Crippen molar-refractivity contribution in [2.75, 3.05) is 6.54 Å². The quantitative estimate of drug-likeness (QED) is 0.907. The predicted molar refractivity (Wildman–Crippen MR) is 75.5 cm³/mol. The highest BCUT2D eigenvalue weighted by Gasteiger charge is 2.50. The molecule has 0 spiro atoms. The zero-order valence-electron chi connectivity index (χ0n) is 11.7. The van der Waals surface area contributed by atoms with Crippen molar-refractivity contribution in [1.29, 1.82) is 0 Å². The first-order valence-electron chi connectivity index (χ1n) is 6.77. The highest BCUT2D eigenvalue weighted by atomic mass is 35.5. The zero-order chi connectivity index (χ0) is 16.1. The summed E-state index contributed by atoms with van der Waals surface area (Å²) in [7, 11) is 0. The SMILES string of the molecule is CC1(c2ccc(F)c(Cl)c2)OC(N2CCCC2=O)=C(O)C1=O. The summed E-state index contributed by atoms with van der Waals surface area (Å²) in [5, 5.41) is 9.91. The lowest BCUT2D eigenvalue weighted by atomic mass is 9.91. The Labute approximate surface area is 130 Å². The molecule has 22 heavy (non-hydrogen) atoms. The predicted octanol–water partition coefficient (Wildman–Crippen LogP) is 2.64. The van der Waals surface area contributed by atoms with E-state index in [1.165, 1.54) is 24.0 Å². The van der Waals surface area contributed by atoms with Crippen LogP contribution in [-0.2, 0) is 19.9 Å². The first-order valence-corrected chi connectivity index (χ1v) is 7.15. The van der Waals surface area contributed by atoms with Crippen molar-refractivity contribution in [3.05, 3.63) is 46.2 Å². The van der Waals surface area contributed by atoms with Gasteiger partial charge in [-0.1, -0.05) is 17.7 Å². The first kappa shape index (κ1) is 14.8. The normalized spacial score (nSPS) is 25.1. The number of carbonyl (C=O) groups is 2. The lowest BCUT2D eigenvalue weighted by molar-refractivity contribution is -0.136. The molecule has 0 aromatic heterocycles. The molecule has 7 heteroatoms. The Morgan fingerprint density at radius 3 is 2.73 bits per heavy atom. The molecule has 116 valence electrons. The molecule has 0 radical (unpaired) electrons. The lowest BCUT2D eigenvalue weighted by Gasteiger charge is -2.26. The molecule has 1 aromatic rings. The van der Waals surface area contributed by atoms with Crippen LogP contribution >= 0.6 is 11.6 Å². The van der Waals surface area contributed by atoms with Gasteiger partial charge in [0.2, 0.25) is 17.5 Å². The number of halogens is 2. The van der Waals surface area contributed by atoms with E-state index in [0.29, 0.717) is 24.9 Å². The van der Waals surface area contributed by atoms with Gasteiger partial charge in [0, 0.05) is 18.5 Å². The highest BCUT2D eigenvalue weighted by molar-refractivity contribution is 6.30. The van der Waals surface area contributed by atoms with Crippen molar-refractivity contribution in [2.24, 2.45) is 0 Å². The summed E-state index contributed by atoms with van der Waals surface area (Å²) in [6.45, 7) is 1.83. The van der Waals surface area contributed by atoms with Gasteiger partial charge >= 0.3 is 0 Å². The van der Waals surface area contributed by atoms with E-state index in [9.17, 15) is 19.1 Å². The van der Waals surface area contributed by atoms with Gasteiger partial charge in [-0.3, -0.25) is 14.5 Å². The van der Waals surface area contributed by atoms with Gasteiger partial charge in [0.25, 0.3) is 5.78 Å². The van der Waals surface area contributed by atoms with Crippen molar-refractivity contribution in [2.45, 2.75) is 25.4 Å². The summed E-state index contributed by atoms with van der Waals surface area (Å²) in [5.41, 5.74) is -1.24. The number of hydrogen-bond acceptors (Lipinski definition) is 4. The van der Waals surface area contributed by atoms with Crippen LogP contribution in [0.2, 0.25) is 5.02 Å². The molecule has 0 aliphatic carbocycles. The molecular formula is C15H13ClFNO4. The largest absolute Gasteiger partial charge is 0.501 e. The number of aliphatic hydroxyl groups is 1. The maximum atomic E-state index is 13.3. The minimum atomic E-state index is -1.54. The molecule has 1 N–H and O–H groups in total.